The molecule has 1 amide bonds. The molecule has 0 aliphatic carbocycles. The van der Waals surface area contributed by atoms with Crippen molar-refractivity contribution in [3.63, 3.8) is 0 Å². The van der Waals surface area contributed by atoms with E-state index in [1.54, 1.807) is 0 Å². The van der Waals surface area contributed by atoms with Gasteiger partial charge in [-0.25, -0.2) is 13.6 Å². The highest BCUT2D eigenvalue weighted by Crippen LogP contribution is 2.29. The molecule has 1 N–H and O–H groups in total. The van der Waals surface area contributed by atoms with E-state index in [9.17, 15) is 28.5 Å². The summed E-state index contributed by atoms with van der Waals surface area (Å²) >= 11 is 0. The minimum absolute atomic E-state index is 0.0736. The van der Waals surface area contributed by atoms with Gasteiger partial charge in [0.15, 0.2) is 11.9 Å². The first kappa shape index (κ1) is 19.8. The summed E-state index contributed by atoms with van der Waals surface area (Å²) in [4.78, 5) is 34.0. The van der Waals surface area contributed by atoms with Gasteiger partial charge in [0.1, 0.15) is 11.6 Å². The van der Waals surface area contributed by atoms with Crippen LogP contribution in [0.2, 0.25) is 0 Å². The number of benzene rings is 2. The Labute approximate surface area is 151 Å². The highest BCUT2D eigenvalue weighted by molar-refractivity contribution is 5.94. The molecule has 0 aliphatic rings. The van der Waals surface area contributed by atoms with Crippen molar-refractivity contribution in [3.8, 4) is 5.75 Å². The first-order valence-corrected chi connectivity index (χ1v) is 7.52. The molecule has 0 heterocycles. The van der Waals surface area contributed by atoms with E-state index < -0.39 is 45.9 Å². The number of nitrogens with one attached hydrogen (secondary N) is 1. The number of nitrogens with zero attached hydrogens (tertiary/aromatic N) is 1. The largest absolute Gasteiger partial charge is 0.474 e. The Hall–Kier alpha value is -3.56. The van der Waals surface area contributed by atoms with E-state index in [1.807, 2.05) is 0 Å². The van der Waals surface area contributed by atoms with Crippen molar-refractivity contribution < 1.29 is 32.8 Å². The molecule has 2 rings (SSSR count). The maximum Gasteiger partial charge on any atom is 0.338 e. The summed E-state index contributed by atoms with van der Waals surface area (Å²) in [5.41, 5.74) is -1.03. The molecule has 0 spiro atoms. The zero-order valence-corrected chi connectivity index (χ0v) is 14.2. The summed E-state index contributed by atoms with van der Waals surface area (Å²) < 4.78 is 36.5. The molecule has 1 atom stereocenters. The molecule has 27 heavy (non-hydrogen) atoms. The fourth-order valence-electron chi connectivity index (χ4n) is 2.08. The molecule has 0 radical (unpaired) electrons. The van der Waals surface area contributed by atoms with Gasteiger partial charge >= 0.3 is 11.7 Å². The standard InChI is InChI=1S/C17H14F2N2O6/c1-9(16(22)20-13-8-11(18)4-5-12(13)19)27-15-6-3-10(17(23)26-2)7-14(15)21(24)25/h3-9H,1-2H3,(H,20,22)/t9-/m0/s1. The zero-order chi connectivity index (χ0) is 20.1. The number of nitro groups is 1. The number of halogens is 2. The van der Waals surface area contributed by atoms with Gasteiger partial charge in [-0.1, -0.05) is 0 Å². The van der Waals surface area contributed by atoms with E-state index in [4.69, 9.17) is 4.74 Å². The van der Waals surface area contributed by atoms with Crippen LogP contribution in [0, 0.1) is 21.7 Å². The predicted molar refractivity (Wildman–Crippen MR) is 89.5 cm³/mol. The predicted octanol–water partition coefficient (Wildman–Crippen LogP) is 3.07. The summed E-state index contributed by atoms with van der Waals surface area (Å²) in [7, 11) is 1.12. The Morgan fingerprint density at radius 2 is 1.89 bits per heavy atom. The number of ether oxygens (including phenoxy) is 2. The maximum absolute atomic E-state index is 13.6. The quantitative estimate of drug-likeness (QED) is 0.469. The smallest absolute Gasteiger partial charge is 0.338 e. The number of hydrogen-bond donors (Lipinski definition) is 1. The van der Waals surface area contributed by atoms with Gasteiger partial charge < -0.3 is 14.8 Å². The molecular formula is C17H14F2N2O6. The van der Waals surface area contributed by atoms with E-state index in [1.165, 1.54) is 13.0 Å². The fourth-order valence-corrected chi connectivity index (χ4v) is 2.08. The Kier molecular flexibility index (Phi) is 6.01. The van der Waals surface area contributed by atoms with Crippen molar-refractivity contribution in [1.29, 1.82) is 0 Å². The molecule has 0 fully saturated rings. The van der Waals surface area contributed by atoms with Crippen molar-refractivity contribution in [2.24, 2.45) is 0 Å². The van der Waals surface area contributed by atoms with Gasteiger partial charge in [-0.3, -0.25) is 14.9 Å². The zero-order valence-electron chi connectivity index (χ0n) is 14.2. The van der Waals surface area contributed by atoms with Crippen molar-refractivity contribution >= 4 is 23.3 Å². The van der Waals surface area contributed by atoms with E-state index in [0.717, 1.165) is 37.4 Å². The molecule has 2 aromatic rings. The second-order valence-electron chi connectivity index (χ2n) is 5.30. The summed E-state index contributed by atoms with van der Waals surface area (Å²) in [5.74, 6) is -3.53. The van der Waals surface area contributed by atoms with Crippen LogP contribution < -0.4 is 10.1 Å². The van der Waals surface area contributed by atoms with Crippen LogP contribution >= 0.6 is 0 Å². The van der Waals surface area contributed by atoms with E-state index in [0.29, 0.717) is 0 Å². The molecule has 10 heteroatoms. The van der Waals surface area contributed by atoms with Gasteiger partial charge in [-0.15, -0.1) is 0 Å². The summed E-state index contributed by atoms with van der Waals surface area (Å²) in [6.45, 7) is 1.27. The average molecular weight is 380 g/mol. The first-order valence-electron chi connectivity index (χ1n) is 7.52. The van der Waals surface area contributed by atoms with Crippen molar-refractivity contribution in [2.45, 2.75) is 13.0 Å². The van der Waals surface area contributed by atoms with E-state index in [-0.39, 0.29) is 11.3 Å². The molecule has 0 bridgehead atoms. The molecule has 0 saturated carbocycles. The normalized spacial score (nSPS) is 11.4. The Bertz CT molecular complexity index is 903. The number of carbonyl (C=O) groups is 2. The van der Waals surface area contributed by atoms with Crippen molar-refractivity contribution in [2.75, 3.05) is 12.4 Å². The summed E-state index contributed by atoms with van der Waals surface area (Å²) in [6.07, 6.45) is -1.28. The van der Waals surface area contributed by atoms with Gasteiger partial charge in [0.2, 0.25) is 0 Å². The number of anilines is 1. The van der Waals surface area contributed by atoms with Crippen LogP contribution in [0.25, 0.3) is 0 Å². The highest BCUT2D eigenvalue weighted by Gasteiger charge is 2.24. The molecule has 2 aromatic carbocycles. The van der Waals surface area contributed by atoms with Crippen LogP contribution in [0.5, 0.6) is 5.75 Å². The summed E-state index contributed by atoms with van der Waals surface area (Å²) in [5, 5.41) is 13.3. The maximum atomic E-state index is 13.6. The lowest BCUT2D eigenvalue weighted by molar-refractivity contribution is -0.386. The van der Waals surface area contributed by atoms with Crippen LogP contribution in [0.15, 0.2) is 36.4 Å². The van der Waals surface area contributed by atoms with Crippen molar-refractivity contribution in [1.82, 2.24) is 0 Å². The lowest BCUT2D eigenvalue weighted by Crippen LogP contribution is -2.30. The van der Waals surface area contributed by atoms with Crippen LogP contribution in [0.1, 0.15) is 17.3 Å². The third-order valence-electron chi connectivity index (χ3n) is 3.44. The lowest BCUT2D eigenvalue weighted by Gasteiger charge is -2.15. The van der Waals surface area contributed by atoms with Gasteiger partial charge in [-0.05, 0) is 31.2 Å². The van der Waals surface area contributed by atoms with Gasteiger partial charge in [0, 0.05) is 12.1 Å². The van der Waals surface area contributed by atoms with Crippen LogP contribution in [-0.4, -0.2) is 30.0 Å². The highest BCUT2D eigenvalue weighted by atomic mass is 19.1. The van der Waals surface area contributed by atoms with E-state index in [2.05, 4.69) is 10.1 Å². The number of hydrogen-bond acceptors (Lipinski definition) is 6. The number of methoxy groups -OCH3 is 1. The van der Waals surface area contributed by atoms with Gasteiger partial charge in [0.05, 0.1) is 23.3 Å². The number of esters is 1. The molecule has 0 unspecified atom stereocenters. The Morgan fingerprint density at radius 3 is 2.52 bits per heavy atom. The topological polar surface area (TPSA) is 108 Å². The SMILES string of the molecule is COC(=O)c1ccc(O[C@@H](C)C(=O)Nc2cc(F)ccc2F)c([N+](=O)[O-])c1. The lowest BCUT2D eigenvalue weighted by atomic mass is 10.2. The fraction of sp³-hybridized carbons (Fsp3) is 0.176. The minimum atomic E-state index is -1.28. The Morgan fingerprint density at radius 1 is 1.19 bits per heavy atom. The van der Waals surface area contributed by atoms with Crippen LogP contribution in [0.3, 0.4) is 0 Å². The second kappa shape index (κ2) is 8.21. The first-order chi connectivity index (χ1) is 12.7. The number of amides is 1. The number of nitro benzene ring substituents is 1. The molecular weight excluding hydrogens is 366 g/mol. The molecule has 0 aliphatic heterocycles. The van der Waals surface area contributed by atoms with Gasteiger partial charge in [0.25, 0.3) is 5.91 Å². The monoisotopic (exact) mass is 380 g/mol. The summed E-state index contributed by atoms with van der Waals surface area (Å²) in [6, 6.07) is 5.82. The van der Waals surface area contributed by atoms with Crippen LogP contribution in [0.4, 0.5) is 20.2 Å². The van der Waals surface area contributed by atoms with Crippen LogP contribution in [-0.2, 0) is 9.53 Å². The molecule has 8 nitrogen and oxygen atoms in total. The Balaban J connectivity index is 2.20. The van der Waals surface area contributed by atoms with Crippen molar-refractivity contribution in [3.05, 3.63) is 63.7 Å². The molecule has 0 aromatic heterocycles. The third kappa shape index (κ3) is 4.75. The second-order valence-corrected chi connectivity index (χ2v) is 5.30. The number of rotatable bonds is 6. The van der Waals surface area contributed by atoms with E-state index >= 15 is 0 Å². The van der Waals surface area contributed by atoms with Gasteiger partial charge in [-0.2, -0.15) is 0 Å². The number of carbonyl (C=O) groups excluding carboxylic acids is 2. The molecule has 142 valence electrons. The minimum Gasteiger partial charge on any atom is -0.474 e. The average Bonchev–Trinajstić information content (AvgIpc) is 2.64. The third-order valence-corrected chi connectivity index (χ3v) is 3.44. The molecule has 0 saturated heterocycles.